The van der Waals surface area contributed by atoms with Gasteiger partial charge in [0.15, 0.2) is 5.78 Å². The summed E-state index contributed by atoms with van der Waals surface area (Å²) >= 11 is 3.38. The molecule has 0 radical (unpaired) electrons. The number of carbonyl (C=O) groups excluding carboxylic acids is 1. The van der Waals surface area contributed by atoms with Gasteiger partial charge in [-0.15, -0.1) is 0 Å². The molecular formula is C12H14BrFO. The van der Waals surface area contributed by atoms with Crippen LogP contribution >= 0.6 is 15.9 Å². The minimum atomic E-state index is -0.326. The Hall–Kier alpha value is -0.700. The van der Waals surface area contributed by atoms with E-state index in [1.54, 1.807) is 0 Å². The fourth-order valence-electron chi connectivity index (χ4n) is 1.15. The summed E-state index contributed by atoms with van der Waals surface area (Å²) < 4.78 is 12.7. The number of rotatable bonds is 2. The summed E-state index contributed by atoms with van der Waals surface area (Å²) in [7, 11) is 0. The van der Waals surface area contributed by atoms with E-state index >= 15 is 0 Å². The number of carbonyl (C=O) groups is 1. The zero-order valence-electron chi connectivity index (χ0n) is 9.05. The van der Waals surface area contributed by atoms with Gasteiger partial charge in [0, 0.05) is 5.56 Å². The van der Waals surface area contributed by atoms with Crippen LogP contribution in [0.15, 0.2) is 24.3 Å². The highest BCUT2D eigenvalue weighted by Gasteiger charge is 2.29. The van der Waals surface area contributed by atoms with E-state index in [1.165, 1.54) is 24.3 Å². The lowest BCUT2D eigenvalue weighted by atomic mass is 9.87. The molecule has 0 amide bonds. The first-order chi connectivity index (χ1) is 6.82. The highest BCUT2D eigenvalue weighted by molar-refractivity contribution is 9.10. The first-order valence-corrected chi connectivity index (χ1v) is 5.68. The van der Waals surface area contributed by atoms with Gasteiger partial charge in [-0.1, -0.05) is 36.7 Å². The topological polar surface area (TPSA) is 17.1 Å². The zero-order valence-corrected chi connectivity index (χ0v) is 10.6. The lowest BCUT2D eigenvalue weighted by molar-refractivity contribution is 0.0954. The van der Waals surface area contributed by atoms with E-state index in [2.05, 4.69) is 15.9 Å². The normalized spacial score (nSPS) is 13.7. The Morgan fingerprint density at radius 2 is 1.73 bits per heavy atom. The lowest BCUT2D eigenvalue weighted by Crippen LogP contribution is -2.28. The van der Waals surface area contributed by atoms with Crippen LogP contribution in [0, 0.1) is 11.2 Å². The molecule has 0 aliphatic rings. The third-order valence-corrected chi connectivity index (χ3v) is 3.91. The van der Waals surface area contributed by atoms with Crippen LogP contribution in [-0.4, -0.2) is 10.6 Å². The predicted molar refractivity (Wildman–Crippen MR) is 62.9 cm³/mol. The number of halogens is 2. The van der Waals surface area contributed by atoms with Crippen LogP contribution < -0.4 is 0 Å². The first-order valence-electron chi connectivity index (χ1n) is 4.76. The third-order valence-electron chi connectivity index (χ3n) is 2.12. The average Bonchev–Trinajstić information content (AvgIpc) is 2.15. The van der Waals surface area contributed by atoms with Crippen LogP contribution in [0.3, 0.4) is 0 Å². The van der Waals surface area contributed by atoms with E-state index in [9.17, 15) is 9.18 Å². The maximum absolute atomic E-state index is 12.7. The molecule has 1 nitrogen and oxygen atoms in total. The van der Waals surface area contributed by atoms with Gasteiger partial charge in [0.05, 0.1) is 4.83 Å². The Morgan fingerprint density at radius 1 is 1.27 bits per heavy atom. The molecule has 0 spiro atoms. The molecule has 0 heterocycles. The number of hydrogen-bond donors (Lipinski definition) is 0. The molecule has 0 aliphatic carbocycles. The molecule has 0 saturated heterocycles. The van der Waals surface area contributed by atoms with Gasteiger partial charge in [-0.2, -0.15) is 0 Å². The molecule has 1 aromatic rings. The van der Waals surface area contributed by atoms with E-state index in [4.69, 9.17) is 0 Å². The monoisotopic (exact) mass is 272 g/mol. The summed E-state index contributed by atoms with van der Waals surface area (Å²) in [5.41, 5.74) is 0.388. The number of ketones is 1. The van der Waals surface area contributed by atoms with Gasteiger partial charge in [0.25, 0.3) is 0 Å². The van der Waals surface area contributed by atoms with Crippen molar-refractivity contribution in [1.82, 2.24) is 0 Å². The summed E-state index contributed by atoms with van der Waals surface area (Å²) in [6.45, 7) is 5.94. The minimum absolute atomic E-state index is 0.0116. The van der Waals surface area contributed by atoms with Crippen molar-refractivity contribution in [1.29, 1.82) is 0 Å². The highest BCUT2D eigenvalue weighted by Crippen LogP contribution is 2.28. The maximum atomic E-state index is 12.7. The van der Waals surface area contributed by atoms with Crippen molar-refractivity contribution in [3.05, 3.63) is 35.6 Å². The summed E-state index contributed by atoms with van der Waals surface area (Å²) in [5.74, 6) is -0.337. The Labute approximate surface area is 97.8 Å². The molecule has 1 rings (SSSR count). The summed E-state index contributed by atoms with van der Waals surface area (Å²) in [6.07, 6.45) is 0. The van der Waals surface area contributed by atoms with Crippen molar-refractivity contribution in [2.24, 2.45) is 5.41 Å². The van der Waals surface area contributed by atoms with E-state index in [0.717, 1.165) is 0 Å². The van der Waals surface area contributed by atoms with Crippen LogP contribution in [0.1, 0.15) is 31.1 Å². The maximum Gasteiger partial charge on any atom is 0.176 e. The Bertz CT molecular complexity index is 351. The molecular weight excluding hydrogens is 259 g/mol. The molecule has 3 heteroatoms. The quantitative estimate of drug-likeness (QED) is 0.591. The van der Waals surface area contributed by atoms with Crippen LogP contribution in [0.2, 0.25) is 0 Å². The van der Waals surface area contributed by atoms with Gasteiger partial charge in [0.1, 0.15) is 5.82 Å². The molecule has 0 N–H and O–H groups in total. The molecule has 0 fully saturated rings. The molecule has 1 unspecified atom stereocenters. The largest absolute Gasteiger partial charge is 0.293 e. The molecule has 0 saturated carbocycles. The van der Waals surface area contributed by atoms with Crippen LogP contribution in [0.5, 0.6) is 0 Å². The zero-order chi connectivity index (χ0) is 11.6. The standard InChI is InChI=1S/C12H14BrFO/c1-12(2,3)11(13)10(15)8-4-6-9(14)7-5-8/h4-7,11H,1-3H3. The Kier molecular flexibility index (Phi) is 3.66. The Morgan fingerprint density at radius 3 is 2.13 bits per heavy atom. The van der Waals surface area contributed by atoms with Crippen molar-refractivity contribution in [2.75, 3.05) is 0 Å². The lowest BCUT2D eigenvalue weighted by Gasteiger charge is -2.24. The SMILES string of the molecule is CC(C)(C)C(Br)C(=O)c1ccc(F)cc1. The van der Waals surface area contributed by atoms with Crippen LogP contribution in [0.4, 0.5) is 4.39 Å². The van der Waals surface area contributed by atoms with E-state index in [1.807, 2.05) is 20.8 Å². The fourth-order valence-corrected chi connectivity index (χ4v) is 1.42. The van der Waals surface area contributed by atoms with Gasteiger partial charge >= 0.3 is 0 Å². The summed E-state index contributed by atoms with van der Waals surface area (Å²) in [6, 6.07) is 5.63. The highest BCUT2D eigenvalue weighted by atomic mass is 79.9. The summed E-state index contributed by atoms with van der Waals surface area (Å²) in [5, 5.41) is 0. The van der Waals surface area contributed by atoms with Crippen molar-refractivity contribution < 1.29 is 9.18 Å². The van der Waals surface area contributed by atoms with Crippen molar-refractivity contribution in [3.63, 3.8) is 0 Å². The number of alkyl halides is 1. The minimum Gasteiger partial charge on any atom is -0.293 e. The predicted octanol–water partition coefficient (Wildman–Crippen LogP) is 3.82. The molecule has 0 aliphatic heterocycles. The van der Waals surface area contributed by atoms with Crippen molar-refractivity contribution >= 4 is 21.7 Å². The van der Waals surface area contributed by atoms with Crippen molar-refractivity contribution in [3.8, 4) is 0 Å². The second-order valence-electron chi connectivity index (χ2n) is 4.60. The number of hydrogen-bond acceptors (Lipinski definition) is 1. The average molecular weight is 273 g/mol. The molecule has 1 aromatic carbocycles. The second kappa shape index (κ2) is 4.44. The summed E-state index contributed by atoms with van der Waals surface area (Å²) in [4.78, 5) is 11.7. The Balaban J connectivity index is 2.90. The van der Waals surface area contributed by atoms with Gasteiger partial charge in [0.2, 0.25) is 0 Å². The van der Waals surface area contributed by atoms with E-state index in [-0.39, 0.29) is 21.8 Å². The van der Waals surface area contributed by atoms with E-state index < -0.39 is 0 Å². The van der Waals surface area contributed by atoms with Crippen molar-refractivity contribution in [2.45, 2.75) is 25.6 Å². The van der Waals surface area contributed by atoms with Gasteiger partial charge in [-0.05, 0) is 29.7 Å². The number of benzene rings is 1. The molecule has 0 bridgehead atoms. The van der Waals surface area contributed by atoms with Gasteiger partial charge in [-0.25, -0.2) is 4.39 Å². The van der Waals surface area contributed by atoms with Crippen LogP contribution in [-0.2, 0) is 0 Å². The van der Waals surface area contributed by atoms with Crippen LogP contribution in [0.25, 0.3) is 0 Å². The van der Waals surface area contributed by atoms with E-state index in [0.29, 0.717) is 5.56 Å². The van der Waals surface area contributed by atoms with Gasteiger partial charge in [-0.3, -0.25) is 4.79 Å². The molecule has 1 atom stereocenters. The van der Waals surface area contributed by atoms with Gasteiger partial charge < -0.3 is 0 Å². The molecule has 15 heavy (non-hydrogen) atoms. The first kappa shape index (κ1) is 12.4. The third kappa shape index (κ3) is 3.13. The molecule has 82 valence electrons. The smallest absolute Gasteiger partial charge is 0.176 e. The number of Topliss-reactive ketones (excluding diaryl/α,β-unsaturated/α-hetero) is 1. The fraction of sp³-hybridized carbons (Fsp3) is 0.417. The second-order valence-corrected chi connectivity index (χ2v) is 5.52. The molecule has 0 aromatic heterocycles.